The monoisotopic (exact) mass is 256 g/mol. The second-order valence-corrected chi connectivity index (χ2v) is 4.49. The standard InChI is InChI=1S/C10H12N2O4S/c1-3-15-7-9(5-11)17(13,14)10(6-12)8-16-4-2/h7-8H,3-4H2,1-2H3/b9-7+,10-8+. The molecule has 0 aliphatic rings. The fourth-order valence-corrected chi connectivity index (χ4v) is 1.60. The van der Waals surface area contributed by atoms with Crippen LogP contribution in [-0.4, -0.2) is 21.6 Å². The molecule has 0 aliphatic heterocycles. The van der Waals surface area contributed by atoms with Crippen molar-refractivity contribution in [2.24, 2.45) is 0 Å². The van der Waals surface area contributed by atoms with Crippen molar-refractivity contribution in [2.75, 3.05) is 13.2 Å². The van der Waals surface area contributed by atoms with Gasteiger partial charge in [-0.15, -0.1) is 0 Å². The fraction of sp³-hybridized carbons (Fsp3) is 0.400. The Morgan fingerprint density at radius 2 is 1.41 bits per heavy atom. The highest BCUT2D eigenvalue weighted by atomic mass is 32.2. The van der Waals surface area contributed by atoms with Crippen LogP contribution in [0.2, 0.25) is 0 Å². The summed E-state index contributed by atoms with van der Waals surface area (Å²) in [6.45, 7) is 3.72. The Kier molecular flexibility index (Phi) is 6.46. The van der Waals surface area contributed by atoms with Gasteiger partial charge in [0, 0.05) is 0 Å². The molecule has 0 aromatic heterocycles. The molecule has 0 rings (SSSR count). The smallest absolute Gasteiger partial charge is 0.232 e. The van der Waals surface area contributed by atoms with Gasteiger partial charge in [0.05, 0.1) is 13.2 Å². The minimum absolute atomic E-state index is 0.220. The third kappa shape index (κ3) is 4.17. The third-order valence-electron chi connectivity index (χ3n) is 1.51. The van der Waals surface area contributed by atoms with Crippen LogP contribution in [0.3, 0.4) is 0 Å². The van der Waals surface area contributed by atoms with Crippen LogP contribution in [0.5, 0.6) is 0 Å². The first-order valence-corrected chi connectivity index (χ1v) is 6.21. The van der Waals surface area contributed by atoms with Gasteiger partial charge in [-0.05, 0) is 13.8 Å². The molecule has 0 amide bonds. The zero-order chi connectivity index (χ0) is 13.3. The molecule has 0 aromatic rings. The largest absolute Gasteiger partial charge is 0.499 e. The molecule has 7 heteroatoms. The first kappa shape index (κ1) is 15.0. The van der Waals surface area contributed by atoms with Crippen LogP contribution in [0.4, 0.5) is 0 Å². The summed E-state index contributed by atoms with van der Waals surface area (Å²) in [6, 6.07) is 2.94. The summed E-state index contributed by atoms with van der Waals surface area (Å²) >= 11 is 0. The van der Waals surface area contributed by atoms with Crippen molar-refractivity contribution in [1.82, 2.24) is 0 Å². The SMILES string of the molecule is CCO/C=C(\C#N)S(=O)(=O)/C(C#N)=C/OCC. The molecule has 0 saturated carbocycles. The van der Waals surface area contributed by atoms with Crippen LogP contribution in [-0.2, 0) is 19.3 Å². The number of ether oxygens (including phenoxy) is 2. The van der Waals surface area contributed by atoms with E-state index in [9.17, 15) is 8.42 Å². The Balaban J connectivity index is 5.39. The van der Waals surface area contributed by atoms with Crippen molar-refractivity contribution in [3.05, 3.63) is 22.3 Å². The molecule has 0 aromatic carbocycles. The lowest BCUT2D eigenvalue weighted by Gasteiger charge is -2.01. The first-order chi connectivity index (χ1) is 8.04. The van der Waals surface area contributed by atoms with Gasteiger partial charge < -0.3 is 9.47 Å². The second kappa shape index (κ2) is 7.31. The average molecular weight is 256 g/mol. The summed E-state index contributed by atoms with van der Waals surface area (Å²) < 4.78 is 33.0. The molecule has 0 atom stereocenters. The number of hydrogen-bond acceptors (Lipinski definition) is 6. The quantitative estimate of drug-likeness (QED) is 0.523. The lowest BCUT2D eigenvalue weighted by molar-refractivity contribution is 0.268. The summed E-state index contributed by atoms with van der Waals surface area (Å²) in [5, 5.41) is 17.4. The Morgan fingerprint density at radius 3 is 1.65 bits per heavy atom. The average Bonchev–Trinajstić information content (AvgIpc) is 2.30. The fourth-order valence-electron chi connectivity index (χ4n) is 0.736. The maximum Gasteiger partial charge on any atom is 0.232 e. The molecule has 17 heavy (non-hydrogen) atoms. The Hall–Kier alpha value is -1.99. The normalized spacial score (nSPS) is 12.5. The van der Waals surface area contributed by atoms with E-state index in [1.807, 2.05) is 0 Å². The van der Waals surface area contributed by atoms with Crippen molar-refractivity contribution in [3.8, 4) is 12.1 Å². The van der Waals surface area contributed by atoms with Crippen molar-refractivity contribution >= 4 is 9.84 Å². The molecule has 0 aliphatic carbocycles. The molecule has 0 unspecified atom stereocenters. The van der Waals surface area contributed by atoms with Crippen molar-refractivity contribution in [1.29, 1.82) is 10.5 Å². The van der Waals surface area contributed by atoms with E-state index < -0.39 is 19.6 Å². The minimum atomic E-state index is -4.16. The van der Waals surface area contributed by atoms with E-state index in [0.29, 0.717) is 0 Å². The zero-order valence-corrected chi connectivity index (χ0v) is 10.3. The highest BCUT2D eigenvalue weighted by Crippen LogP contribution is 2.16. The van der Waals surface area contributed by atoms with Gasteiger partial charge >= 0.3 is 0 Å². The lowest BCUT2D eigenvalue weighted by atomic mass is 10.7. The summed E-state index contributed by atoms with van der Waals surface area (Å²) in [6.07, 6.45) is 1.62. The maximum absolute atomic E-state index is 11.8. The highest BCUT2D eigenvalue weighted by molar-refractivity contribution is 7.99. The van der Waals surface area contributed by atoms with Crippen LogP contribution in [0.1, 0.15) is 13.8 Å². The van der Waals surface area contributed by atoms with Gasteiger partial charge in [0.2, 0.25) is 9.84 Å². The van der Waals surface area contributed by atoms with E-state index in [1.165, 1.54) is 12.1 Å². The van der Waals surface area contributed by atoms with E-state index in [0.717, 1.165) is 12.5 Å². The zero-order valence-electron chi connectivity index (χ0n) is 9.50. The molecule has 0 bridgehead atoms. The Bertz CT molecular complexity index is 451. The van der Waals surface area contributed by atoms with Crippen molar-refractivity contribution in [2.45, 2.75) is 13.8 Å². The number of nitrogens with zero attached hydrogens (tertiary/aromatic N) is 2. The Labute approximate surface area is 100 Å². The lowest BCUT2D eigenvalue weighted by Crippen LogP contribution is -2.06. The topological polar surface area (TPSA) is 100 Å². The maximum atomic E-state index is 11.8. The number of hydrogen-bond donors (Lipinski definition) is 0. The molecule has 0 spiro atoms. The van der Waals surface area contributed by atoms with Gasteiger partial charge in [0.25, 0.3) is 0 Å². The van der Waals surface area contributed by atoms with Gasteiger partial charge in [-0.1, -0.05) is 0 Å². The molecule has 0 N–H and O–H groups in total. The summed E-state index contributed by atoms with van der Waals surface area (Å²) in [5.41, 5.74) is 0. The number of rotatable bonds is 6. The minimum Gasteiger partial charge on any atom is -0.499 e. The second-order valence-electron chi connectivity index (χ2n) is 2.60. The summed E-state index contributed by atoms with van der Waals surface area (Å²) in [4.78, 5) is -1.27. The van der Waals surface area contributed by atoms with E-state index >= 15 is 0 Å². The first-order valence-electron chi connectivity index (χ1n) is 4.73. The van der Waals surface area contributed by atoms with E-state index in [1.54, 1.807) is 13.8 Å². The highest BCUT2D eigenvalue weighted by Gasteiger charge is 2.25. The van der Waals surface area contributed by atoms with Crippen molar-refractivity contribution < 1.29 is 17.9 Å². The number of allylic oxidation sites excluding steroid dienone is 2. The van der Waals surface area contributed by atoms with E-state index in [4.69, 9.17) is 20.0 Å². The van der Waals surface area contributed by atoms with Crippen LogP contribution in [0.25, 0.3) is 0 Å². The van der Waals surface area contributed by atoms with Gasteiger partial charge in [-0.25, -0.2) is 8.42 Å². The molecule has 6 nitrogen and oxygen atoms in total. The summed E-state index contributed by atoms with van der Waals surface area (Å²) in [7, 11) is -4.16. The Morgan fingerprint density at radius 1 is 1.06 bits per heavy atom. The number of sulfone groups is 1. The molecule has 0 heterocycles. The van der Waals surface area contributed by atoms with E-state index in [-0.39, 0.29) is 13.2 Å². The van der Waals surface area contributed by atoms with Crippen LogP contribution < -0.4 is 0 Å². The summed E-state index contributed by atoms with van der Waals surface area (Å²) in [5.74, 6) is 0. The van der Waals surface area contributed by atoms with Crippen LogP contribution in [0.15, 0.2) is 22.3 Å². The van der Waals surface area contributed by atoms with E-state index in [2.05, 4.69) is 0 Å². The van der Waals surface area contributed by atoms with Gasteiger partial charge in [-0.2, -0.15) is 10.5 Å². The predicted molar refractivity (Wildman–Crippen MR) is 59.6 cm³/mol. The molecular weight excluding hydrogens is 244 g/mol. The molecule has 0 saturated heterocycles. The van der Waals surface area contributed by atoms with Crippen LogP contribution in [0, 0.1) is 22.7 Å². The molecule has 0 fully saturated rings. The van der Waals surface area contributed by atoms with Gasteiger partial charge in [-0.3, -0.25) is 0 Å². The van der Waals surface area contributed by atoms with Gasteiger partial charge in [0.1, 0.15) is 24.7 Å². The molecule has 92 valence electrons. The number of nitriles is 2. The predicted octanol–water partition coefficient (Wildman–Crippen LogP) is 1.20. The van der Waals surface area contributed by atoms with Gasteiger partial charge in [0.15, 0.2) is 9.81 Å². The molecule has 0 radical (unpaired) electrons. The molecular formula is C10H12N2O4S. The van der Waals surface area contributed by atoms with Crippen molar-refractivity contribution in [3.63, 3.8) is 0 Å². The van der Waals surface area contributed by atoms with Crippen LogP contribution >= 0.6 is 0 Å². The third-order valence-corrected chi connectivity index (χ3v) is 3.05.